The molecule has 0 amide bonds. The Morgan fingerprint density at radius 3 is 2.42 bits per heavy atom. The molecular weight excluding hydrogens is 334 g/mol. The first-order valence-corrected chi connectivity index (χ1v) is 8.11. The third-order valence-corrected chi connectivity index (χ3v) is 4.45. The Bertz CT molecular complexity index is 949. The molecule has 0 aliphatic heterocycles. The Morgan fingerprint density at radius 1 is 1.08 bits per heavy atom. The van der Waals surface area contributed by atoms with Gasteiger partial charge in [-0.15, -0.1) is 0 Å². The molecule has 1 N–H and O–H groups in total. The molecule has 1 aromatic heterocycles. The van der Waals surface area contributed by atoms with Crippen molar-refractivity contribution >= 4 is 16.6 Å². The second-order valence-corrected chi connectivity index (χ2v) is 6.15. The van der Waals surface area contributed by atoms with Crippen molar-refractivity contribution in [3.05, 3.63) is 63.8 Å². The molecule has 1 heterocycles. The van der Waals surface area contributed by atoms with Crippen LogP contribution in [0, 0.1) is 10.1 Å². The van der Waals surface area contributed by atoms with E-state index in [0.717, 1.165) is 16.6 Å². The first-order valence-electron chi connectivity index (χ1n) is 8.11. The van der Waals surface area contributed by atoms with Crippen molar-refractivity contribution in [3.63, 3.8) is 0 Å². The maximum absolute atomic E-state index is 11.6. The Hall–Kier alpha value is -3.06. The molecule has 0 aliphatic rings. The minimum Gasteiger partial charge on any atom is -0.493 e. The number of fused-ring (bicyclic) bond motifs is 1. The van der Waals surface area contributed by atoms with Gasteiger partial charge in [0, 0.05) is 23.4 Å². The highest BCUT2D eigenvalue weighted by Gasteiger charge is 2.28. The topological polar surface area (TPSA) is 80.6 Å². The van der Waals surface area contributed by atoms with Crippen molar-refractivity contribution in [2.75, 3.05) is 28.3 Å². The number of nitro groups is 1. The number of ether oxygens (including phenoxy) is 2. The summed E-state index contributed by atoms with van der Waals surface area (Å²) in [7, 11) is 7.03. The van der Waals surface area contributed by atoms with E-state index in [1.807, 2.05) is 49.5 Å². The van der Waals surface area contributed by atoms with Gasteiger partial charge in [-0.3, -0.25) is 15.0 Å². The van der Waals surface area contributed by atoms with Crippen LogP contribution in [0.15, 0.2) is 42.6 Å². The summed E-state index contributed by atoms with van der Waals surface area (Å²) in [6, 6.07) is 10.4. The molecule has 7 nitrogen and oxygen atoms in total. The Balaban J connectivity index is 2.29. The number of benzene rings is 2. The van der Waals surface area contributed by atoms with Crippen LogP contribution in [0.1, 0.15) is 17.2 Å². The summed E-state index contributed by atoms with van der Waals surface area (Å²) in [6.07, 6.45) is 1.82. The summed E-state index contributed by atoms with van der Waals surface area (Å²) in [4.78, 5) is 16.3. The predicted octanol–water partition coefficient (Wildman–Crippen LogP) is 3.74. The Labute approximate surface area is 151 Å². The van der Waals surface area contributed by atoms with E-state index in [0.29, 0.717) is 16.9 Å². The van der Waals surface area contributed by atoms with E-state index in [1.54, 1.807) is 20.3 Å². The van der Waals surface area contributed by atoms with Gasteiger partial charge in [0.25, 0.3) is 5.69 Å². The van der Waals surface area contributed by atoms with Crippen LogP contribution in [0.25, 0.3) is 10.9 Å². The van der Waals surface area contributed by atoms with Crippen LogP contribution in [-0.4, -0.2) is 43.1 Å². The molecule has 1 atom stereocenters. The number of para-hydroxylation sites is 1. The number of aromatic amines is 1. The van der Waals surface area contributed by atoms with Gasteiger partial charge in [-0.2, -0.15) is 0 Å². The molecule has 0 bridgehead atoms. The highest BCUT2D eigenvalue weighted by molar-refractivity contribution is 5.92. The molecule has 3 rings (SSSR count). The summed E-state index contributed by atoms with van der Waals surface area (Å²) in [5.41, 5.74) is 2.48. The van der Waals surface area contributed by atoms with Crippen molar-refractivity contribution in [2.24, 2.45) is 0 Å². The number of rotatable bonds is 6. The molecule has 136 valence electrons. The van der Waals surface area contributed by atoms with Crippen molar-refractivity contribution in [2.45, 2.75) is 6.04 Å². The van der Waals surface area contributed by atoms with Gasteiger partial charge in [-0.25, -0.2) is 0 Å². The Kier molecular flexibility index (Phi) is 4.81. The second-order valence-electron chi connectivity index (χ2n) is 6.15. The molecular formula is C19H21N3O4. The third-order valence-electron chi connectivity index (χ3n) is 4.45. The van der Waals surface area contributed by atoms with Crippen LogP contribution in [0.3, 0.4) is 0 Å². The van der Waals surface area contributed by atoms with Gasteiger partial charge >= 0.3 is 0 Å². The van der Waals surface area contributed by atoms with E-state index in [4.69, 9.17) is 9.47 Å². The average molecular weight is 355 g/mol. The highest BCUT2D eigenvalue weighted by Crippen LogP contribution is 2.42. The van der Waals surface area contributed by atoms with Gasteiger partial charge in [0.2, 0.25) is 0 Å². The lowest BCUT2D eigenvalue weighted by Crippen LogP contribution is -2.21. The first-order chi connectivity index (χ1) is 12.5. The Morgan fingerprint density at radius 2 is 1.81 bits per heavy atom. The predicted molar refractivity (Wildman–Crippen MR) is 100 cm³/mol. The molecule has 0 radical (unpaired) electrons. The van der Waals surface area contributed by atoms with Crippen molar-refractivity contribution in [1.82, 2.24) is 9.88 Å². The zero-order valence-electron chi connectivity index (χ0n) is 15.1. The van der Waals surface area contributed by atoms with Gasteiger partial charge in [0.05, 0.1) is 36.1 Å². The number of hydrogen-bond acceptors (Lipinski definition) is 5. The molecule has 0 fully saturated rings. The molecule has 3 aromatic rings. The molecule has 0 saturated carbocycles. The maximum atomic E-state index is 11.6. The second kappa shape index (κ2) is 7.05. The lowest BCUT2D eigenvalue weighted by Gasteiger charge is -2.27. The average Bonchev–Trinajstić information content (AvgIpc) is 3.05. The fraction of sp³-hybridized carbons (Fsp3) is 0.263. The van der Waals surface area contributed by atoms with Crippen LogP contribution in [0.4, 0.5) is 5.69 Å². The fourth-order valence-corrected chi connectivity index (χ4v) is 3.41. The summed E-state index contributed by atoms with van der Waals surface area (Å²) in [5, 5.41) is 12.1. The number of hydrogen-bond donors (Lipinski definition) is 1. The summed E-state index contributed by atoms with van der Waals surface area (Å²) < 4.78 is 11.0. The normalized spacial score (nSPS) is 12.3. The monoisotopic (exact) mass is 355 g/mol. The van der Waals surface area contributed by atoms with Gasteiger partial charge in [0.15, 0.2) is 11.5 Å². The molecule has 0 spiro atoms. The van der Waals surface area contributed by atoms with E-state index in [-0.39, 0.29) is 16.7 Å². The quantitative estimate of drug-likeness (QED) is 0.538. The molecule has 2 aromatic carbocycles. The lowest BCUT2D eigenvalue weighted by atomic mass is 9.95. The fourth-order valence-electron chi connectivity index (χ4n) is 3.41. The van der Waals surface area contributed by atoms with Gasteiger partial charge in [-0.1, -0.05) is 18.2 Å². The summed E-state index contributed by atoms with van der Waals surface area (Å²) >= 11 is 0. The van der Waals surface area contributed by atoms with Crippen LogP contribution < -0.4 is 9.47 Å². The zero-order chi connectivity index (χ0) is 18.8. The largest absolute Gasteiger partial charge is 0.493 e. The maximum Gasteiger partial charge on any atom is 0.279 e. The lowest BCUT2D eigenvalue weighted by molar-refractivity contribution is -0.383. The van der Waals surface area contributed by atoms with Gasteiger partial charge in [-0.05, 0) is 26.2 Å². The number of nitro benzene ring substituents is 1. The summed E-state index contributed by atoms with van der Waals surface area (Å²) in [5.74, 6) is 1.23. The van der Waals surface area contributed by atoms with Crippen LogP contribution in [-0.2, 0) is 0 Å². The first kappa shape index (κ1) is 17.8. The van der Waals surface area contributed by atoms with E-state index in [9.17, 15) is 10.1 Å². The number of H-pyrrole nitrogens is 1. The standard InChI is InChI=1S/C19H21N3O4/c1-21(2)18(12-7-5-10-16(25-3)19(12)26-4)13-11-20-14-8-6-9-15(17(13)14)22(23)24/h5-11,18,20H,1-4H3. The van der Waals surface area contributed by atoms with Crippen LogP contribution in [0.5, 0.6) is 11.5 Å². The van der Waals surface area contributed by atoms with Crippen molar-refractivity contribution in [1.29, 1.82) is 0 Å². The zero-order valence-corrected chi connectivity index (χ0v) is 15.1. The highest BCUT2D eigenvalue weighted by atomic mass is 16.6. The van der Waals surface area contributed by atoms with E-state index in [2.05, 4.69) is 4.98 Å². The van der Waals surface area contributed by atoms with Gasteiger partial charge in [0.1, 0.15) is 0 Å². The molecule has 0 saturated heterocycles. The van der Waals surface area contributed by atoms with E-state index < -0.39 is 0 Å². The van der Waals surface area contributed by atoms with Crippen molar-refractivity contribution < 1.29 is 14.4 Å². The third kappa shape index (κ3) is 2.86. The number of methoxy groups -OCH3 is 2. The number of nitrogens with zero attached hydrogens (tertiary/aromatic N) is 2. The number of non-ortho nitro benzene ring substituents is 1. The van der Waals surface area contributed by atoms with Gasteiger partial charge < -0.3 is 14.5 Å². The summed E-state index contributed by atoms with van der Waals surface area (Å²) in [6.45, 7) is 0. The van der Waals surface area contributed by atoms with E-state index >= 15 is 0 Å². The van der Waals surface area contributed by atoms with E-state index in [1.165, 1.54) is 6.07 Å². The van der Waals surface area contributed by atoms with Crippen LogP contribution in [0.2, 0.25) is 0 Å². The smallest absolute Gasteiger partial charge is 0.279 e. The minimum absolute atomic E-state index is 0.0764. The number of nitrogens with one attached hydrogen (secondary N) is 1. The molecule has 0 aliphatic carbocycles. The molecule has 1 unspecified atom stereocenters. The van der Waals surface area contributed by atoms with Crippen molar-refractivity contribution in [3.8, 4) is 11.5 Å². The minimum atomic E-state index is -0.352. The SMILES string of the molecule is COc1cccc(C(c2c[nH]c3cccc([N+](=O)[O-])c23)N(C)C)c1OC. The number of aromatic nitrogens is 1. The molecule has 26 heavy (non-hydrogen) atoms. The molecule has 7 heteroatoms. The van der Waals surface area contributed by atoms with Crippen LogP contribution >= 0.6 is 0 Å².